The van der Waals surface area contributed by atoms with Crippen LogP contribution in [0.1, 0.15) is 16.8 Å². The van der Waals surface area contributed by atoms with E-state index in [1.807, 2.05) is 0 Å². The first-order valence-corrected chi connectivity index (χ1v) is 8.88. The molecule has 2 unspecified atom stereocenters. The second-order valence-electron chi connectivity index (χ2n) is 5.46. The molecule has 1 heterocycles. The number of hydrogen-bond acceptors (Lipinski definition) is 5. The van der Waals surface area contributed by atoms with Gasteiger partial charge < -0.3 is 14.7 Å². The number of carbonyl (C=O) groups excluding carboxylic acids is 1. The number of amides is 1. The standard InChI is InChI=1S/C16H18N2O6S/c1-3-7-17-25(22,23)13-6-4-5-11(8-13)15(19)18-10-12(24-2)9-14(18)16(20)21/h1,4-6,8,12,14,17H,7,9-10H2,2H3,(H,20,21). The van der Waals surface area contributed by atoms with Crippen LogP contribution in [-0.2, 0) is 19.6 Å². The second kappa shape index (κ2) is 7.65. The Bertz CT molecular complexity index is 814. The van der Waals surface area contributed by atoms with Gasteiger partial charge in [-0.25, -0.2) is 13.2 Å². The van der Waals surface area contributed by atoms with E-state index in [2.05, 4.69) is 10.6 Å². The molecule has 9 heteroatoms. The summed E-state index contributed by atoms with van der Waals surface area (Å²) in [5, 5.41) is 9.30. The SMILES string of the molecule is C#CCNS(=O)(=O)c1cccc(C(=O)N2CC(OC)CC2C(=O)O)c1. The highest BCUT2D eigenvalue weighted by atomic mass is 32.2. The van der Waals surface area contributed by atoms with Crippen LogP contribution in [0.5, 0.6) is 0 Å². The average molecular weight is 366 g/mol. The van der Waals surface area contributed by atoms with Crippen molar-refractivity contribution in [3.8, 4) is 12.3 Å². The van der Waals surface area contributed by atoms with Crippen molar-refractivity contribution in [1.82, 2.24) is 9.62 Å². The van der Waals surface area contributed by atoms with Crippen LogP contribution in [0, 0.1) is 12.3 Å². The number of hydrogen-bond donors (Lipinski definition) is 2. The van der Waals surface area contributed by atoms with Crippen LogP contribution in [0.25, 0.3) is 0 Å². The van der Waals surface area contributed by atoms with Crippen LogP contribution >= 0.6 is 0 Å². The Morgan fingerprint density at radius 2 is 2.20 bits per heavy atom. The third-order valence-electron chi connectivity index (χ3n) is 3.90. The number of rotatable bonds is 6. The number of carboxylic acids is 1. The van der Waals surface area contributed by atoms with Crippen molar-refractivity contribution in [1.29, 1.82) is 0 Å². The monoisotopic (exact) mass is 366 g/mol. The number of ether oxygens (including phenoxy) is 1. The lowest BCUT2D eigenvalue weighted by molar-refractivity contribution is -0.141. The summed E-state index contributed by atoms with van der Waals surface area (Å²) in [6.45, 7) is -0.0537. The number of carboxylic acid groups (broad SMARTS) is 1. The van der Waals surface area contributed by atoms with Crippen molar-refractivity contribution in [3.05, 3.63) is 29.8 Å². The average Bonchev–Trinajstić information content (AvgIpc) is 3.04. The predicted molar refractivity (Wildman–Crippen MR) is 88.3 cm³/mol. The van der Waals surface area contributed by atoms with Gasteiger partial charge in [0.05, 0.1) is 17.5 Å². The van der Waals surface area contributed by atoms with Gasteiger partial charge in [0, 0.05) is 25.6 Å². The van der Waals surface area contributed by atoms with Gasteiger partial charge in [-0.1, -0.05) is 12.0 Å². The molecule has 0 spiro atoms. The van der Waals surface area contributed by atoms with E-state index in [-0.39, 0.29) is 36.1 Å². The summed E-state index contributed by atoms with van der Waals surface area (Å²) < 4.78 is 31.6. The first kappa shape index (κ1) is 18.9. The summed E-state index contributed by atoms with van der Waals surface area (Å²) in [6.07, 6.45) is 4.84. The largest absolute Gasteiger partial charge is 0.480 e. The molecule has 0 aliphatic carbocycles. The fraction of sp³-hybridized carbons (Fsp3) is 0.375. The van der Waals surface area contributed by atoms with Crippen LogP contribution in [0.15, 0.2) is 29.2 Å². The molecule has 1 fully saturated rings. The lowest BCUT2D eigenvalue weighted by atomic mass is 10.1. The Morgan fingerprint density at radius 3 is 2.80 bits per heavy atom. The molecule has 1 aliphatic rings. The van der Waals surface area contributed by atoms with Gasteiger partial charge in [-0.3, -0.25) is 4.79 Å². The molecule has 0 aromatic heterocycles. The summed E-state index contributed by atoms with van der Waals surface area (Å²) >= 11 is 0. The summed E-state index contributed by atoms with van der Waals surface area (Å²) in [5.74, 6) is 0.460. The Morgan fingerprint density at radius 1 is 1.48 bits per heavy atom. The molecule has 1 saturated heterocycles. The lowest BCUT2D eigenvalue weighted by Gasteiger charge is -2.21. The van der Waals surface area contributed by atoms with Crippen LogP contribution in [-0.4, -0.2) is 62.6 Å². The zero-order valence-corrected chi connectivity index (χ0v) is 14.3. The number of terminal acetylenes is 1. The minimum absolute atomic E-state index is 0.0755. The predicted octanol–water partition coefficient (Wildman–Crippen LogP) is -0.0878. The Labute approximate surface area is 145 Å². The second-order valence-corrected chi connectivity index (χ2v) is 7.23. The van der Waals surface area contributed by atoms with E-state index < -0.39 is 27.9 Å². The summed E-state index contributed by atoms with van der Waals surface area (Å²) in [7, 11) is -2.41. The van der Waals surface area contributed by atoms with Crippen molar-refractivity contribution < 1.29 is 27.9 Å². The van der Waals surface area contributed by atoms with Gasteiger partial charge in [0.2, 0.25) is 10.0 Å². The fourth-order valence-electron chi connectivity index (χ4n) is 2.61. The third kappa shape index (κ3) is 4.17. The van der Waals surface area contributed by atoms with E-state index in [1.54, 1.807) is 0 Å². The Hall–Kier alpha value is -2.41. The van der Waals surface area contributed by atoms with Gasteiger partial charge in [0.15, 0.2) is 0 Å². The normalized spacial score (nSPS) is 20.2. The van der Waals surface area contributed by atoms with Gasteiger partial charge in [0.25, 0.3) is 5.91 Å². The van der Waals surface area contributed by atoms with E-state index in [4.69, 9.17) is 11.2 Å². The van der Waals surface area contributed by atoms with Gasteiger partial charge in [-0.15, -0.1) is 6.42 Å². The summed E-state index contributed by atoms with van der Waals surface area (Å²) in [6, 6.07) is 4.35. The van der Waals surface area contributed by atoms with Crippen LogP contribution in [0.4, 0.5) is 0 Å². The number of sulfonamides is 1. The number of aliphatic carboxylic acids is 1. The van der Waals surface area contributed by atoms with Crippen molar-refractivity contribution in [3.63, 3.8) is 0 Å². The number of likely N-dealkylation sites (tertiary alicyclic amines) is 1. The van der Waals surface area contributed by atoms with Gasteiger partial charge in [-0.05, 0) is 18.2 Å². The van der Waals surface area contributed by atoms with Crippen molar-refractivity contribution in [2.45, 2.75) is 23.5 Å². The third-order valence-corrected chi connectivity index (χ3v) is 5.30. The summed E-state index contributed by atoms with van der Waals surface area (Å²) in [4.78, 5) is 25.1. The molecule has 2 N–H and O–H groups in total. The highest BCUT2D eigenvalue weighted by Crippen LogP contribution is 2.23. The molecule has 25 heavy (non-hydrogen) atoms. The molecule has 1 aliphatic heterocycles. The fourth-order valence-corrected chi connectivity index (χ4v) is 3.59. The smallest absolute Gasteiger partial charge is 0.326 e. The molecule has 134 valence electrons. The Kier molecular flexibility index (Phi) is 5.79. The number of nitrogens with one attached hydrogen (secondary N) is 1. The Balaban J connectivity index is 2.30. The highest BCUT2D eigenvalue weighted by Gasteiger charge is 2.40. The zero-order chi connectivity index (χ0) is 18.6. The quantitative estimate of drug-likeness (QED) is 0.681. The maximum Gasteiger partial charge on any atom is 0.326 e. The first-order chi connectivity index (χ1) is 11.8. The maximum absolute atomic E-state index is 12.7. The van der Waals surface area contributed by atoms with Gasteiger partial charge >= 0.3 is 5.97 Å². The molecular formula is C16H18N2O6S. The topological polar surface area (TPSA) is 113 Å². The molecule has 0 saturated carbocycles. The number of carbonyl (C=O) groups is 2. The van der Waals surface area contributed by atoms with Crippen LogP contribution in [0.2, 0.25) is 0 Å². The van der Waals surface area contributed by atoms with Gasteiger partial charge in [-0.2, -0.15) is 4.72 Å². The minimum atomic E-state index is -3.85. The van der Waals surface area contributed by atoms with E-state index in [0.29, 0.717) is 0 Å². The molecule has 0 radical (unpaired) electrons. The van der Waals surface area contributed by atoms with Crippen LogP contribution in [0.3, 0.4) is 0 Å². The molecule has 2 rings (SSSR count). The van der Waals surface area contributed by atoms with Gasteiger partial charge in [0.1, 0.15) is 6.04 Å². The number of benzene rings is 1. The maximum atomic E-state index is 12.7. The highest BCUT2D eigenvalue weighted by molar-refractivity contribution is 7.89. The number of methoxy groups -OCH3 is 1. The molecule has 1 aromatic rings. The zero-order valence-electron chi connectivity index (χ0n) is 13.5. The summed E-state index contributed by atoms with van der Waals surface area (Å²) in [5.41, 5.74) is 0.0755. The molecule has 1 amide bonds. The van der Waals surface area contributed by atoms with Crippen molar-refractivity contribution in [2.24, 2.45) is 0 Å². The van der Waals surface area contributed by atoms with Crippen molar-refractivity contribution in [2.75, 3.05) is 20.2 Å². The molecule has 1 aromatic carbocycles. The number of nitrogens with zero attached hydrogens (tertiary/aromatic N) is 1. The van der Waals surface area contributed by atoms with Crippen molar-refractivity contribution >= 4 is 21.9 Å². The molecule has 2 atom stereocenters. The molecule has 0 bridgehead atoms. The lowest BCUT2D eigenvalue weighted by Crippen LogP contribution is -2.40. The van der Waals surface area contributed by atoms with E-state index in [0.717, 1.165) is 0 Å². The van der Waals surface area contributed by atoms with E-state index >= 15 is 0 Å². The molecule has 8 nitrogen and oxygen atoms in total. The van der Waals surface area contributed by atoms with E-state index in [1.165, 1.54) is 36.3 Å². The molecular weight excluding hydrogens is 348 g/mol. The van der Waals surface area contributed by atoms with E-state index in [9.17, 15) is 23.1 Å². The first-order valence-electron chi connectivity index (χ1n) is 7.40. The minimum Gasteiger partial charge on any atom is -0.480 e. The van der Waals surface area contributed by atoms with Crippen LogP contribution < -0.4 is 4.72 Å².